The van der Waals surface area contributed by atoms with E-state index in [1.54, 1.807) is 11.4 Å². The van der Waals surface area contributed by atoms with Crippen molar-refractivity contribution in [3.05, 3.63) is 24.0 Å². The smallest absolute Gasteiger partial charge is 0.317 e. The molecule has 3 fully saturated rings. The minimum atomic E-state index is -0.836. The third-order valence-electron chi connectivity index (χ3n) is 7.36. The molecule has 0 unspecified atom stereocenters. The summed E-state index contributed by atoms with van der Waals surface area (Å²) in [5.41, 5.74) is 0.525. The normalized spacial score (nSPS) is 23.9. The van der Waals surface area contributed by atoms with E-state index in [0.29, 0.717) is 24.0 Å². The zero-order valence-corrected chi connectivity index (χ0v) is 21.6. The number of aromatic nitrogens is 3. The largest absolute Gasteiger partial charge is 0.465 e. The fourth-order valence-corrected chi connectivity index (χ4v) is 6.02. The molecular formula is C24H35N7O3S. The second-order valence-electron chi connectivity index (χ2n) is 9.98. The molecule has 1 N–H and O–H groups in total. The van der Waals surface area contributed by atoms with Crippen LogP contribution >= 0.6 is 11.8 Å². The fraction of sp³-hybridized carbons (Fsp3) is 0.667. The van der Waals surface area contributed by atoms with E-state index in [2.05, 4.69) is 20.1 Å². The van der Waals surface area contributed by atoms with Gasteiger partial charge in [-0.15, -0.1) is 16.9 Å². The maximum atomic E-state index is 12.7. The van der Waals surface area contributed by atoms with Gasteiger partial charge in [-0.3, -0.25) is 14.5 Å². The summed E-state index contributed by atoms with van der Waals surface area (Å²) in [6.07, 6.45) is 2.71. The van der Waals surface area contributed by atoms with Gasteiger partial charge in [-0.05, 0) is 39.3 Å². The van der Waals surface area contributed by atoms with Crippen molar-refractivity contribution in [2.75, 3.05) is 62.4 Å². The lowest BCUT2D eigenvalue weighted by atomic mass is 9.90. The van der Waals surface area contributed by atoms with E-state index in [4.69, 9.17) is 9.84 Å². The number of nitrogens with one attached hydrogen (secondary N) is 1. The molecule has 2 aromatic rings. The predicted molar refractivity (Wildman–Crippen MR) is 136 cm³/mol. The Labute approximate surface area is 210 Å². The number of thioether (sulfide) groups is 1. The van der Waals surface area contributed by atoms with E-state index >= 15 is 0 Å². The number of fused-ring (bicyclic) bond motifs is 1. The SMILES string of the molecule is CCOC(=O)C(C)(C)c1cn2nc(N3CCN([C@@H]4CN[C@H](C(=O)N5CCSC5)C4)CC3)ccc2n1. The van der Waals surface area contributed by atoms with Gasteiger partial charge in [0.05, 0.1) is 30.4 Å². The van der Waals surface area contributed by atoms with Gasteiger partial charge >= 0.3 is 5.97 Å². The Morgan fingerprint density at radius 2 is 2.00 bits per heavy atom. The van der Waals surface area contributed by atoms with Crippen LogP contribution in [0.25, 0.3) is 5.65 Å². The predicted octanol–water partition coefficient (Wildman–Crippen LogP) is 0.955. The summed E-state index contributed by atoms with van der Waals surface area (Å²) in [6.45, 7) is 11.2. The Balaban J connectivity index is 1.19. The number of nitrogens with zero attached hydrogens (tertiary/aromatic N) is 6. The van der Waals surface area contributed by atoms with Crippen molar-refractivity contribution in [2.45, 2.75) is 44.7 Å². The zero-order chi connectivity index (χ0) is 24.6. The Bertz CT molecular complexity index is 1080. The van der Waals surface area contributed by atoms with E-state index in [-0.39, 0.29) is 17.9 Å². The van der Waals surface area contributed by atoms with E-state index in [1.807, 2.05) is 48.8 Å². The Hall–Kier alpha value is -2.37. The van der Waals surface area contributed by atoms with Crippen molar-refractivity contribution in [1.29, 1.82) is 0 Å². The molecule has 11 heteroatoms. The second-order valence-corrected chi connectivity index (χ2v) is 11.1. The van der Waals surface area contributed by atoms with Gasteiger partial charge in [0, 0.05) is 51.1 Å². The third kappa shape index (κ3) is 4.85. The van der Waals surface area contributed by atoms with Gasteiger partial charge in [0.25, 0.3) is 0 Å². The van der Waals surface area contributed by atoms with Crippen LogP contribution in [0.15, 0.2) is 18.3 Å². The average molecular weight is 502 g/mol. The van der Waals surface area contributed by atoms with Gasteiger partial charge in [0.2, 0.25) is 5.91 Å². The van der Waals surface area contributed by atoms with Crippen molar-refractivity contribution in [3.63, 3.8) is 0 Å². The summed E-state index contributed by atoms with van der Waals surface area (Å²) in [5, 5.41) is 8.25. The third-order valence-corrected chi connectivity index (χ3v) is 8.32. The molecule has 3 saturated heterocycles. The first kappa shape index (κ1) is 24.3. The van der Waals surface area contributed by atoms with Crippen molar-refractivity contribution in [3.8, 4) is 0 Å². The number of esters is 1. The molecule has 0 radical (unpaired) electrons. The second kappa shape index (κ2) is 9.94. The molecule has 10 nitrogen and oxygen atoms in total. The maximum Gasteiger partial charge on any atom is 0.317 e. The van der Waals surface area contributed by atoms with Crippen LogP contribution in [0.4, 0.5) is 5.82 Å². The summed E-state index contributed by atoms with van der Waals surface area (Å²) in [5.74, 6) is 2.76. The van der Waals surface area contributed by atoms with Gasteiger partial charge < -0.3 is 19.9 Å². The average Bonchev–Trinajstić information content (AvgIpc) is 3.64. The van der Waals surface area contributed by atoms with E-state index < -0.39 is 5.41 Å². The van der Waals surface area contributed by atoms with Crippen molar-refractivity contribution < 1.29 is 14.3 Å². The van der Waals surface area contributed by atoms with E-state index in [9.17, 15) is 9.59 Å². The van der Waals surface area contributed by atoms with Crippen LogP contribution in [-0.4, -0.2) is 106 Å². The first-order valence-electron chi connectivity index (χ1n) is 12.5. The first-order chi connectivity index (χ1) is 16.9. The molecule has 3 aliphatic heterocycles. The fourth-order valence-electron chi connectivity index (χ4n) is 5.07. The summed E-state index contributed by atoms with van der Waals surface area (Å²) in [7, 11) is 0. The van der Waals surface area contributed by atoms with Gasteiger partial charge in [0.15, 0.2) is 5.65 Å². The molecule has 190 valence electrons. The monoisotopic (exact) mass is 501 g/mol. The minimum Gasteiger partial charge on any atom is -0.465 e. The molecule has 35 heavy (non-hydrogen) atoms. The lowest BCUT2D eigenvalue weighted by Crippen LogP contribution is -2.51. The summed E-state index contributed by atoms with van der Waals surface area (Å²) >= 11 is 1.83. The van der Waals surface area contributed by atoms with E-state index in [1.165, 1.54) is 0 Å². The molecule has 0 saturated carbocycles. The molecule has 1 amide bonds. The lowest BCUT2D eigenvalue weighted by Gasteiger charge is -2.38. The van der Waals surface area contributed by atoms with Crippen LogP contribution in [0.3, 0.4) is 0 Å². The molecule has 0 spiro atoms. The van der Waals surface area contributed by atoms with Crippen LogP contribution < -0.4 is 10.2 Å². The van der Waals surface area contributed by atoms with Gasteiger partial charge in [-0.25, -0.2) is 9.50 Å². The molecule has 2 aromatic heterocycles. The number of ether oxygens (including phenoxy) is 1. The van der Waals surface area contributed by atoms with Crippen LogP contribution in [-0.2, 0) is 19.7 Å². The van der Waals surface area contributed by atoms with Crippen LogP contribution in [0, 0.1) is 0 Å². The quantitative estimate of drug-likeness (QED) is 0.581. The minimum absolute atomic E-state index is 0.0462. The topological polar surface area (TPSA) is 95.3 Å². The van der Waals surface area contributed by atoms with Crippen molar-refractivity contribution in [2.24, 2.45) is 0 Å². The van der Waals surface area contributed by atoms with Crippen LogP contribution in [0.5, 0.6) is 0 Å². The molecule has 0 bridgehead atoms. The Morgan fingerprint density at radius 3 is 2.71 bits per heavy atom. The summed E-state index contributed by atoms with van der Waals surface area (Å²) in [4.78, 5) is 36.5. The highest BCUT2D eigenvalue weighted by atomic mass is 32.2. The van der Waals surface area contributed by atoms with Crippen molar-refractivity contribution >= 4 is 35.1 Å². The molecule has 0 aromatic carbocycles. The molecule has 5 heterocycles. The van der Waals surface area contributed by atoms with Gasteiger partial charge in [-0.1, -0.05) is 0 Å². The first-order valence-corrected chi connectivity index (χ1v) is 13.7. The summed E-state index contributed by atoms with van der Waals surface area (Å²) in [6, 6.07) is 4.31. The highest BCUT2D eigenvalue weighted by Gasteiger charge is 2.37. The van der Waals surface area contributed by atoms with Gasteiger partial charge in [-0.2, -0.15) is 0 Å². The van der Waals surface area contributed by atoms with Crippen LogP contribution in [0.2, 0.25) is 0 Å². The number of carbonyl (C=O) groups is 2. The molecule has 0 aliphatic carbocycles. The number of hydrogen-bond acceptors (Lipinski definition) is 9. The van der Waals surface area contributed by atoms with Crippen LogP contribution in [0.1, 0.15) is 32.9 Å². The highest BCUT2D eigenvalue weighted by Crippen LogP contribution is 2.26. The standard InChI is InChI=1S/C24H35N7O3S/c1-4-34-23(33)24(2,3)19-15-31-20(26-19)5-6-21(27-31)29-9-7-28(8-10-29)17-13-18(25-14-17)22(32)30-11-12-35-16-30/h5-6,15,17-18,25H,4,7-14,16H2,1-3H3/t17-,18-/m0/s1. The Morgan fingerprint density at radius 1 is 1.20 bits per heavy atom. The number of carbonyl (C=O) groups excluding carboxylic acids is 2. The number of piperazine rings is 1. The Kier molecular flexibility index (Phi) is 6.91. The lowest BCUT2D eigenvalue weighted by molar-refractivity contribution is -0.149. The summed E-state index contributed by atoms with van der Waals surface area (Å²) < 4.78 is 6.98. The maximum absolute atomic E-state index is 12.7. The molecule has 5 rings (SSSR count). The number of anilines is 1. The highest BCUT2D eigenvalue weighted by molar-refractivity contribution is 7.99. The zero-order valence-electron chi connectivity index (χ0n) is 20.8. The number of rotatable bonds is 6. The molecular weight excluding hydrogens is 466 g/mol. The van der Waals surface area contributed by atoms with Crippen molar-refractivity contribution in [1.82, 2.24) is 29.7 Å². The number of amides is 1. The number of hydrogen-bond donors (Lipinski definition) is 1. The molecule has 3 aliphatic rings. The van der Waals surface area contributed by atoms with Gasteiger partial charge in [0.1, 0.15) is 11.2 Å². The van der Waals surface area contributed by atoms with E-state index in [0.717, 1.165) is 63.1 Å². The molecule has 2 atom stereocenters. The number of imidazole rings is 1.